The van der Waals surface area contributed by atoms with Gasteiger partial charge in [0.2, 0.25) is 0 Å². The zero-order chi connectivity index (χ0) is 12.7. The standard InChI is InChI=1S/C13H17NO3/c1-3-17-13(15)12-6-4-11(5-7-12)8-10(2)9-14-16/h4-7,9-10,16H,3,8H2,1-2H3. The summed E-state index contributed by atoms with van der Waals surface area (Å²) < 4.78 is 4.89. The fourth-order valence-electron chi connectivity index (χ4n) is 1.53. The van der Waals surface area contributed by atoms with Crippen LogP contribution in [0.15, 0.2) is 29.4 Å². The highest BCUT2D eigenvalue weighted by atomic mass is 16.5. The Morgan fingerprint density at radius 3 is 2.65 bits per heavy atom. The summed E-state index contributed by atoms with van der Waals surface area (Å²) in [6, 6.07) is 7.26. The zero-order valence-corrected chi connectivity index (χ0v) is 10.1. The van der Waals surface area contributed by atoms with Gasteiger partial charge in [0.05, 0.1) is 12.2 Å². The highest BCUT2D eigenvalue weighted by Crippen LogP contribution is 2.10. The van der Waals surface area contributed by atoms with Gasteiger partial charge < -0.3 is 9.94 Å². The third kappa shape index (κ3) is 4.26. The van der Waals surface area contributed by atoms with Crippen molar-refractivity contribution in [1.82, 2.24) is 0 Å². The maximum Gasteiger partial charge on any atom is 0.338 e. The molecule has 0 aromatic heterocycles. The molecule has 1 atom stereocenters. The molecule has 0 aliphatic rings. The number of carbonyl (C=O) groups excluding carboxylic acids is 1. The molecule has 0 aliphatic heterocycles. The van der Waals surface area contributed by atoms with E-state index in [2.05, 4.69) is 5.16 Å². The number of nitrogens with zero attached hydrogens (tertiary/aromatic N) is 1. The number of benzene rings is 1. The van der Waals surface area contributed by atoms with Crippen molar-refractivity contribution in [2.45, 2.75) is 20.3 Å². The van der Waals surface area contributed by atoms with E-state index in [9.17, 15) is 4.79 Å². The Bertz CT molecular complexity index is 384. The molecule has 0 saturated carbocycles. The summed E-state index contributed by atoms with van der Waals surface area (Å²) in [5.74, 6) is -0.141. The smallest absolute Gasteiger partial charge is 0.338 e. The Morgan fingerprint density at radius 1 is 1.47 bits per heavy atom. The van der Waals surface area contributed by atoms with Crippen LogP contribution in [0.2, 0.25) is 0 Å². The largest absolute Gasteiger partial charge is 0.462 e. The third-order valence-electron chi connectivity index (χ3n) is 2.34. The molecule has 1 N–H and O–H groups in total. The van der Waals surface area contributed by atoms with Crippen LogP contribution >= 0.6 is 0 Å². The fourth-order valence-corrected chi connectivity index (χ4v) is 1.53. The first kappa shape index (κ1) is 13.2. The van der Waals surface area contributed by atoms with Gasteiger partial charge in [0.1, 0.15) is 0 Å². The first-order valence-corrected chi connectivity index (χ1v) is 5.61. The summed E-state index contributed by atoms with van der Waals surface area (Å²) in [4.78, 5) is 11.4. The van der Waals surface area contributed by atoms with Crippen LogP contribution in [0.5, 0.6) is 0 Å². The van der Waals surface area contributed by atoms with E-state index in [-0.39, 0.29) is 11.9 Å². The molecule has 0 fully saturated rings. The van der Waals surface area contributed by atoms with Crippen molar-refractivity contribution in [2.24, 2.45) is 11.1 Å². The monoisotopic (exact) mass is 235 g/mol. The van der Waals surface area contributed by atoms with Crippen LogP contribution in [0.4, 0.5) is 0 Å². The van der Waals surface area contributed by atoms with Gasteiger partial charge in [0.25, 0.3) is 0 Å². The molecular formula is C13H17NO3. The van der Waals surface area contributed by atoms with Crippen molar-refractivity contribution < 1.29 is 14.7 Å². The molecule has 92 valence electrons. The van der Waals surface area contributed by atoms with Crippen LogP contribution in [0, 0.1) is 5.92 Å². The van der Waals surface area contributed by atoms with Gasteiger partial charge in [0.15, 0.2) is 0 Å². The molecule has 0 bridgehead atoms. The van der Waals surface area contributed by atoms with E-state index in [1.165, 1.54) is 6.21 Å². The molecule has 0 spiro atoms. The lowest BCUT2D eigenvalue weighted by Crippen LogP contribution is -2.05. The van der Waals surface area contributed by atoms with Crippen LogP contribution in [0.3, 0.4) is 0 Å². The molecule has 4 nitrogen and oxygen atoms in total. The number of rotatable bonds is 5. The minimum absolute atomic E-state index is 0.161. The second-order valence-electron chi connectivity index (χ2n) is 3.86. The van der Waals surface area contributed by atoms with E-state index < -0.39 is 0 Å². The minimum Gasteiger partial charge on any atom is -0.462 e. The summed E-state index contributed by atoms with van der Waals surface area (Å²) in [6.45, 7) is 4.12. The van der Waals surface area contributed by atoms with Crippen molar-refractivity contribution in [3.63, 3.8) is 0 Å². The molecular weight excluding hydrogens is 218 g/mol. The maximum atomic E-state index is 11.4. The molecule has 1 aromatic rings. The molecule has 0 aliphatic carbocycles. The van der Waals surface area contributed by atoms with Crippen molar-refractivity contribution >= 4 is 12.2 Å². The molecule has 4 heteroatoms. The Hall–Kier alpha value is -1.84. The minimum atomic E-state index is -0.302. The Balaban J connectivity index is 2.64. The third-order valence-corrected chi connectivity index (χ3v) is 2.34. The quantitative estimate of drug-likeness (QED) is 0.369. The van der Waals surface area contributed by atoms with Gasteiger partial charge in [-0.25, -0.2) is 4.79 Å². The van der Waals surface area contributed by atoms with Crippen LogP contribution in [-0.2, 0) is 11.2 Å². The first-order valence-electron chi connectivity index (χ1n) is 5.61. The average molecular weight is 235 g/mol. The van der Waals surface area contributed by atoms with Crippen LogP contribution in [0.1, 0.15) is 29.8 Å². The van der Waals surface area contributed by atoms with E-state index in [1.807, 2.05) is 19.1 Å². The summed E-state index contributed by atoms with van der Waals surface area (Å²) in [7, 11) is 0. The molecule has 0 radical (unpaired) electrons. The van der Waals surface area contributed by atoms with E-state index in [0.29, 0.717) is 12.2 Å². The summed E-state index contributed by atoms with van der Waals surface area (Å²) in [5, 5.41) is 11.4. The number of esters is 1. The second kappa shape index (κ2) is 6.68. The molecule has 0 saturated heterocycles. The summed E-state index contributed by atoms with van der Waals surface area (Å²) in [5.41, 5.74) is 1.64. The summed E-state index contributed by atoms with van der Waals surface area (Å²) >= 11 is 0. The molecule has 0 amide bonds. The number of carbonyl (C=O) groups is 1. The van der Waals surface area contributed by atoms with Gasteiger partial charge in [-0.05, 0) is 37.0 Å². The average Bonchev–Trinajstić information content (AvgIpc) is 2.30. The van der Waals surface area contributed by atoms with Gasteiger partial charge in [-0.1, -0.05) is 19.1 Å². The second-order valence-corrected chi connectivity index (χ2v) is 3.86. The van der Waals surface area contributed by atoms with Crippen molar-refractivity contribution in [1.29, 1.82) is 0 Å². The highest BCUT2D eigenvalue weighted by Gasteiger charge is 2.06. The van der Waals surface area contributed by atoms with Crippen molar-refractivity contribution in [2.75, 3.05) is 6.61 Å². The highest BCUT2D eigenvalue weighted by molar-refractivity contribution is 5.89. The van der Waals surface area contributed by atoms with Gasteiger partial charge >= 0.3 is 5.97 Å². The zero-order valence-electron chi connectivity index (χ0n) is 10.1. The van der Waals surface area contributed by atoms with Gasteiger partial charge in [-0.15, -0.1) is 5.16 Å². The first-order chi connectivity index (χ1) is 8.17. The lowest BCUT2D eigenvalue weighted by Gasteiger charge is -2.06. The van der Waals surface area contributed by atoms with Gasteiger partial charge in [-0.3, -0.25) is 0 Å². The van der Waals surface area contributed by atoms with Crippen molar-refractivity contribution in [3.8, 4) is 0 Å². The van der Waals surface area contributed by atoms with Crippen molar-refractivity contribution in [3.05, 3.63) is 35.4 Å². The van der Waals surface area contributed by atoms with E-state index in [0.717, 1.165) is 12.0 Å². The van der Waals surface area contributed by atoms with Gasteiger partial charge in [-0.2, -0.15) is 0 Å². The molecule has 1 aromatic carbocycles. The normalized spacial score (nSPS) is 12.6. The maximum absolute atomic E-state index is 11.4. The molecule has 17 heavy (non-hydrogen) atoms. The van der Waals surface area contributed by atoms with Gasteiger partial charge in [0, 0.05) is 6.21 Å². The Labute approximate surface area is 101 Å². The van der Waals surface area contributed by atoms with Crippen LogP contribution in [-0.4, -0.2) is 24.0 Å². The predicted octanol–water partition coefficient (Wildman–Crippen LogP) is 2.50. The fraction of sp³-hybridized carbons (Fsp3) is 0.385. The van der Waals surface area contributed by atoms with E-state index in [4.69, 9.17) is 9.94 Å². The summed E-state index contributed by atoms with van der Waals surface area (Å²) in [6.07, 6.45) is 2.26. The number of ether oxygens (including phenoxy) is 1. The van der Waals surface area contributed by atoms with E-state index >= 15 is 0 Å². The van der Waals surface area contributed by atoms with Crippen LogP contribution in [0.25, 0.3) is 0 Å². The van der Waals surface area contributed by atoms with E-state index in [1.54, 1.807) is 19.1 Å². The SMILES string of the molecule is CCOC(=O)c1ccc(CC(C)C=NO)cc1. The Morgan fingerprint density at radius 2 is 2.12 bits per heavy atom. The number of oxime groups is 1. The lowest BCUT2D eigenvalue weighted by molar-refractivity contribution is 0.0526. The topological polar surface area (TPSA) is 58.9 Å². The molecule has 0 heterocycles. The predicted molar refractivity (Wildman–Crippen MR) is 65.5 cm³/mol. The van der Waals surface area contributed by atoms with Crippen LogP contribution < -0.4 is 0 Å². The molecule has 1 rings (SSSR count). The lowest BCUT2D eigenvalue weighted by atomic mass is 10.0. The number of hydrogen-bond donors (Lipinski definition) is 1. The number of hydrogen-bond acceptors (Lipinski definition) is 4. The molecule has 1 unspecified atom stereocenters. The Kier molecular flexibility index (Phi) is 5.20.